The van der Waals surface area contributed by atoms with Gasteiger partial charge in [-0.1, -0.05) is 0 Å². The number of nitrogens with two attached hydrogens (primary N) is 1. The fourth-order valence-electron chi connectivity index (χ4n) is 1.97. The number of primary sulfonamides is 1. The van der Waals surface area contributed by atoms with Crippen molar-refractivity contribution >= 4 is 15.9 Å². The van der Waals surface area contributed by atoms with Crippen molar-refractivity contribution in [1.29, 1.82) is 0 Å². The lowest BCUT2D eigenvalue weighted by Crippen LogP contribution is -2.39. The summed E-state index contributed by atoms with van der Waals surface area (Å²) in [6.45, 7) is 2.54. The standard InChI is InChI=1S/C12H16N2O4S/c1-8-11(6-7-18-8)14-12(15)9-2-4-10(5-3-9)19(13,16)17/h2-5,8,11H,6-7H2,1H3,(H,14,15)(H2,13,16,17). The molecule has 2 unspecified atom stereocenters. The molecule has 1 heterocycles. The van der Waals surface area contributed by atoms with Gasteiger partial charge in [-0.05, 0) is 37.6 Å². The molecule has 0 bridgehead atoms. The molecule has 1 aromatic carbocycles. The van der Waals surface area contributed by atoms with E-state index >= 15 is 0 Å². The second-order valence-electron chi connectivity index (χ2n) is 4.51. The molecule has 2 rings (SSSR count). The normalized spacial score (nSPS) is 23.3. The van der Waals surface area contributed by atoms with E-state index in [-0.39, 0.29) is 22.9 Å². The summed E-state index contributed by atoms with van der Waals surface area (Å²) in [7, 11) is -3.73. The first-order valence-electron chi connectivity index (χ1n) is 5.93. The highest BCUT2D eigenvalue weighted by molar-refractivity contribution is 7.89. The Morgan fingerprint density at radius 3 is 2.47 bits per heavy atom. The Hall–Kier alpha value is -1.44. The van der Waals surface area contributed by atoms with Crippen molar-refractivity contribution in [2.45, 2.75) is 30.4 Å². The van der Waals surface area contributed by atoms with E-state index in [9.17, 15) is 13.2 Å². The van der Waals surface area contributed by atoms with E-state index in [1.54, 1.807) is 0 Å². The maximum atomic E-state index is 12.0. The second-order valence-corrected chi connectivity index (χ2v) is 6.08. The lowest BCUT2D eigenvalue weighted by atomic mass is 10.1. The number of benzene rings is 1. The Morgan fingerprint density at radius 1 is 1.37 bits per heavy atom. The average molecular weight is 284 g/mol. The number of carbonyl (C=O) groups is 1. The molecule has 3 N–H and O–H groups in total. The topological polar surface area (TPSA) is 98.5 Å². The Labute approximate surface area is 112 Å². The Morgan fingerprint density at radius 2 is 2.00 bits per heavy atom. The van der Waals surface area contributed by atoms with Gasteiger partial charge in [0.2, 0.25) is 10.0 Å². The van der Waals surface area contributed by atoms with Crippen LogP contribution in [0.2, 0.25) is 0 Å². The third kappa shape index (κ3) is 3.31. The van der Waals surface area contributed by atoms with Gasteiger partial charge in [-0.25, -0.2) is 13.6 Å². The van der Waals surface area contributed by atoms with Crippen molar-refractivity contribution in [3.63, 3.8) is 0 Å². The number of rotatable bonds is 3. The van der Waals surface area contributed by atoms with Gasteiger partial charge >= 0.3 is 0 Å². The molecular weight excluding hydrogens is 268 g/mol. The van der Waals surface area contributed by atoms with Crippen LogP contribution in [0.4, 0.5) is 0 Å². The van der Waals surface area contributed by atoms with Gasteiger partial charge < -0.3 is 10.1 Å². The lowest BCUT2D eigenvalue weighted by Gasteiger charge is -2.16. The molecule has 1 fully saturated rings. The summed E-state index contributed by atoms with van der Waals surface area (Å²) in [6.07, 6.45) is 0.773. The van der Waals surface area contributed by atoms with Gasteiger partial charge in [0.1, 0.15) is 0 Å². The Balaban J connectivity index is 2.08. The first-order valence-corrected chi connectivity index (χ1v) is 7.48. The molecule has 1 aromatic rings. The number of hydrogen-bond donors (Lipinski definition) is 2. The van der Waals surface area contributed by atoms with E-state index in [2.05, 4.69) is 5.32 Å². The second kappa shape index (κ2) is 5.28. The number of ether oxygens (including phenoxy) is 1. The number of nitrogens with one attached hydrogen (secondary N) is 1. The fraction of sp³-hybridized carbons (Fsp3) is 0.417. The average Bonchev–Trinajstić information content (AvgIpc) is 2.74. The van der Waals surface area contributed by atoms with Crippen molar-refractivity contribution in [2.75, 3.05) is 6.61 Å². The van der Waals surface area contributed by atoms with E-state index < -0.39 is 10.0 Å². The molecule has 1 aliphatic rings. The zero-order valence-corrected chi connectivity index (χ0v) is 11.3. The molecule has 2 atom stereocenters. The van der Waals surface area contributed by atoms with E-state index in [1.807, 2.05) is 6.92 Å². The first kappa shape index (κ1) is 14.0. The van der Waals surface area contributed by atoms with Crippen LogP contribution in [-0.4, -0.2) is 33.1 Å². The van der Waals surface area contributed by atoms with Gasteiger partial charge in [0, 0.05) is 12.2 Å². The lowest BCUT2D eigenvalue weighted by molar-refractivity contribution is 0.0866. The molecule has 1 aliphatic heterocycles. The van der Waals surface area contributed by atoms with Crippen LogP contribution in [-0.2, 0) is 14.8 Å². The molecule has 6 nitrogen and oxygen atoms in total. The van der Waals surface area contributed by atoms with Crippen molar-refractivity contribution in [2.24, 2.45) is 5.14 Å². The molecule has 0 radical (unpaired) electrons. The summed E-state index contributed by atoms with van der Waals surface area (Å²) in [5.41, 5.74) is 0.395. The van der Waals surface area contributed by atoms with Crippen LogP contribution in [0.5, 0.6) is 0 Å². The Kier molecular flexibility index (Phi) is 3.88. The highest BCUT2D eigenvalue weighted by Gasteiger charge is 2.25. The minimum absolute atomic E-state index is 0.00681. The molecule has 7 heteroatoms. The molecule has 19 heavy (non-hydrogen) atoms. The minimum Gasteiger partial charge on any atom is -0.376 e. The van der Waals surface area contributed by atoms with Crippen LogP contribution < -0.4 is 10.5 Å². The fourth-order valence-corrected chi connectivity index (χ4v) is 2.48. The van der Waals surface area contributed by atoms with E-state index in [4.69, 9.17) is 9.88 Å². The van der Waals surface area contributed by atoms with E-state index in [0.717, 1.165) is 6.42 Å². The molecule has 0 spiro atoms. The van der Waals surface area contributed by atoms with Crippen molar-refractivity contribution in [3.8, 4) is 0 Å². The first-order chi connectivity index (χ1) is 8.88. The predicted octanol–water partition coefficient (Wildman–Crippen LogP) is 0.241. The van der Waals surface area contributed by atoms with Crippen LogP contribution in [0.1, 0.15) is 23.7 Å². The quantitative estimate of drug-likeness (QED) is 0.830. The third-order valence-corrected chi connectivity index (χ3v) is 4.07. The maximum Gasteiger partial charge on any atom is 0.251 e. The predicted molar refractivity (Wildman–Crippen MR) is 69.1 cm³/mol. The monoisotopic (exact) mass is 284 g/mol. The highest BCUT2D eigenvalue weighted by atomic mass is 32.2. The molecule has 0 aliphatic carbocycles. The van der Waals surface area contributed by atoms with Crippen LogP contribution in [0.15, 0.2) is 29.2 Å². The summed E-state index contributed by atoms with van der Waals surface area (Å²) in [6, 6.07) is 5.51. The summed E-state index contributed by atoms with van der Waals surface area (Å²) >= 11 is 0. The largest absolute Gasteiger partial charge is 0.376 e. The van der Waals surface area contributed by atoms with Crippen LogP contribution in [0.25, 0.3) is 0 Å². The zero-order valence-electron chi connectivity index (χ0n) is 10.5. The van der Waals surface area contributed by atoms with E-state index in [0.29, 0.717) is 12.2 Å². The summed E-state index contributed by atoms with van der Waals surface area (Å²) in [4.78, 5) is 11.9. The third-order valence-electron chi connectivity index (χ3n) is 3.14. The smallest absolute Gasteiger partial charge is 0.251 e. The number of amides is 1. The molecule has 0 saturated carbocycles. The molecule has 1 saturated heterocycles. The summed E-state index contributed by atoms with van der Waals surface area (Å²) in [5.74, 6) is -0.247. The molecular formula is C12H16N2O4S. The van der Waals surface area contributed by atoms with Gasteiger partial charge in [-0.2, -0.15) is 0 Å². The SMILES string of the molecule is CC1OCCC1NC(=O)c1ccc(S(N)(=O)=O)cc1. The number of hydrogen-bond acceptors (Lipinski definition) is 4. The maximum absolute atomic E-state index is 12.0. The van der Waals surface area contributed by atoms with Gasteiger partial charge in [-0.3, -0.25) is 4.79 Å². The van der Waals surface area contributed by atoms with Gasteiger partial charge in [0.05, 0.1) is 17.0 Å². The number of sulfonamides is 1. The minimum atomic E-state index is -3.73. The van der Waals surface area contributed by atoms with E-state index in [1.165, 1.54) is 24.3 Å². The van der Waals surface area contributed by atoms with Crippen LogP contribution in [0.3, 0.4) is 0 Å². The van der Waals surface area contributed by atoms with Gasteiger partial charge in [0.25, 0.3) is 5.91 Å². The van der Waals surface area contributed by atoms with Crippen molar-refractivity contribution in [3.05, 3.63) is 29.8 Å². The number of carbonyl (C=O) groups excluding carboxylic acids is 1. The highest BCUT2D eigenvalue weighted by Crippen LogP contribution is 2.14. The summed E-state index contributed by atoms with van der Waals surface area (Å²) < 4.78 is 27.5. The molecule has 0 aromatic heterocycles. The van der Waals surface area contributed by atoms with Gasteiger partial charge in [0.15, 0.2) is 0 Å². The van der Waals surface area contributed by atoms with Crippen LogP contribution >= 0.6 is 0 Å². The molecule has 1 amide bonds. The Bertz CT molecular complexity index is 568. The van der Waals surface area contributed by atoms with Gasteiger partial charge in [-0.15, -0.1) is 0 Å². The summed E-state index contributed by atoms with van der Waals surface area (Å²) in [5, 5.41) is 7.85. The van der Waals surface area contributed by atoms with Crippen LogP contribution in [0, 0.1) is 0 Å². The zero-order chi connectivity index (χ0) is 14.0. The van der Waals surface area contributed by atoms with Crippen molar-refractivity contribution < 1.29 is 17.9 Å². The molecule has 104 valence electrons. The van der Waals surface area contributed by atoms with Crippen molar-refractivity contribution in [1.82, 2.24) is 5.32 Å².